The highest BCUT2D eigenvalue weighted by Gasteiger charge is 2.42. The predicted molar refractivity (Wildman–Crippen MR) is 168 cm³/mol. The lowest BCUT2D eigenvalue weighted by atomic mass is 9.86. The molecule has 43 heavy (non-hydrogen) atoms. The summed E-state index contributed by atoms with van der Waals surface area (Å²) in [5.74, 6) is -1.50. The number of hydrogen-bond donors (Lipinski definition) is 2. The quantitative estimate of drug-likeness (QED) is 0.107. The fourth-order valence-corrected chi connectivity index (χ4v) is 4.95. The summed E-state index contributed by atoms with van der Waals surface area (Å²) in [6, 6.07) is 11.8. The van der Waals surface area contributed by atoms with E-state index in [2.05, 4.69) is 62.6 Å². The molecule has 0 aliphatic carbocycles. The Balaban J connectivity index is 2.07. The number of nitrogens with one attached hydrogen (secondary N) is 2. The standard InChI is InChI=1S/C34H48N2O7/c1-10-11-12-13-14-24(19-22-15-17-23(18-16-22)33(2,3)4)35-30(28-31(37)42-34(5,6)43-32(28)38)36-29-26(40-8)20-25(39-7)21-27(29)41-9/h15-18,20-21,24,35-36H,10-14,19H2,1-9H3. The van der Waals surface area contributed by atoms with Crippen LogP contribution in [0, 0.1) is 0 Å². The van der Waals surface area contributed by atoms with Crippen LogP contribution in [0.5, 0.6) is 17.2 Å². The van der Waals surface area contributed by atoms with E-state index in [1.165, 1.54) is 33.6 Å². The van der Waals surface area contributed by atoms with Gasteiger partial charge in [0.1, 0.15) is 28.8 Å². The highest BCUT2D eigenvalue weighted by atomic mass is 16.7. The molecule has 1 saturated heterocycles. The third-order valence-corrected chi connectivity index (χ3v) is 7.36. The molecule has 0 radical (unpaired) electrons. The maximum absolute atomic E-state index is 13.3. The molecule has 1 unspecified atom stereocenters. The Morgan fingerprint density at radius 1 is 0.884 bits per heavy atom. The Labute approximate surface area is 256 Å². The summed E-state index contributed by atoms with van der Waals surface area (Å²) in [6.45, 7) is 11.8. The zero-order valence-corrected chi connectivity index (χ0v) is 27.1. The number of cyclic esters (lactones) is 2. The summed E-state index contributed by atoms with van der Waals surface area (Å²) in [5, 5.41) is 6.72. The molecule has 3 rings (SSSR count). The number of benzene rings is 2. The number of esters is 2. The second kappa shape index (κ2) is 14.5. The van der Waals surface area contributed by atoms with E-state index in [1.54, 1.807) is 19.2 Å². The zero-order chi connectivity index (χ0) is 31.8. The molecular formula is C34H48N2O7. The number of ether oxygens (including phenoxy) is 5. The molecule has 0 spiro atoms. The molecule has 1 fully saturated rings. The van der Waals surface area contributed by atoms with Gasteiger partial charge in [0.15, 0.2) is 5.57 Å². The number of methoxy groups -OCH3 is 3. The third kappa shape index (κ3) is 9.05. The molecule has 0 amide bonds. The van der Waals surface area contributed by atoms with Crippen molar-refractivity contribution in [2.75, 3.05) is 26.6 Å². The minimum atomic E-state index is -1.38. The monoisotopic (exact) mass is 596 g/mol. The van der Waals surface area contributed by atoms with Crippen molar-refractivity contribution in [1.82, 2.24) is 5.32 Å². The largest absolute Gasteiger partial charge is 0.496 e. The van der Waals surface area contributed by atoms with E-state index in [-0.39, 0.29) is 22.9 Å². The number of hydrogen-bond acceptors (Lipinski definition) is 9. The van der Waals surface area contributed by atoms with Gasteiger partial charge in [-0.05, 0) is 29.4 Å². The Bertz CT molecular complexity index is 1250. The van der Waals surface area contributed by atoms with E-state index in [4.69, 9.17) is 23.7 Å². The van der Waals surface area contributed by atoms with Crippen molar-refractivity contribution in [3.8, 4) is 17.2 Å². The lowest BCUT2D eigenvalue weighted by Crippen LogP contribution is -2.45. The number of carbonyl (C=O) groups is 2. The minimum absolute atomic E-state index is 0.0454. The second-order valence-corrected chi connectivity index (χ2v) is 12.3. The minimum Gasteiger partial charge on any atom is -0.496 e. The van der Waals surface area contributed by atoms with Gasteiger partial charge < -0.3 is 34.3 Å². The van der Waals surface area contributed by atoms with Crippen molar-refractivity contribution < 1.29 is 33.3 Å². The first-order valence-electron chi connectivity index (χ1n) is 15.0. The van der Waals surface area contributed by atoms with Gasteiger partial charge in [0.05, 0.1) is 21.3 Å². The van der Waals surface area contributed by atoms with Crippen LogP contribution in [0.4, 0.5) is 5.69 Å². The smallest absolute Gasteiger partial charge is 0.352 e. The SMILES string of the molecule is CCCCCCC(Cc1ccc(C(C)(C)C)cc1)NC(Nc1c(OC)cc(OC)cc1OC)=C1C(=O)OC(C)(C)OC1=O. The van der Waals surface area contributed by atoms with E-state index >= 15 is 0 Å². The lowest BCUT2D eigenvalue weighted by Gasteiger charge is -2.32. The molecule has 0 aromatic heterocycles. The first-order valence-corrected chi connectivity index (χ1v) is 15.0. The van der Waals surface area contributed by atoms with Crippen molar-refractivity contribution in [2.24, 2.45) is 0 Å². The van der Waals surface area contributed by atoms with Gasteiger partial charge in [0.25, 0.3) is 5.79 Å². The van der Waals surface area contributed by atoms with Crippen LogP contribution < -0.4 is 24.8 Å². The van der Waals surface area contributed by atoms with Gasteiger partial charge in [-0.15, -0.1) is 0 Å². The number of anilines is 1. The van der Waals surface area contributed by atoms with Crippen LogP contribution in [0.3, 0.4) is 0 Å². The highest BCUT2D eigenvalue weighted by Crippen LogP contribution is 2.40. The highest BCUT2D eigenvalue weighted by molar-refractivity contribution is 6.16. The van der Waals surface area contributed by atoms with Crippen LogP contribution in [0.2, 0.25) is 0 Å². The van der Waals surface area contributed by atoms with Crippen molar-refractivity contribution in [3.05, 3.63) is 58.9 Å². The van der Waals surface area contributed by atoms with Gasteiger partial charge in [-0.1, -0.05) is 77.6 Å². The Hall–Kier alpha value is -3.88. The number of carbonyl (C=O) groups excluding carboxylic acids is 2. The van der Waals surface area contributed by atoms with Crippen LogP contribution >= 0.6 is 0 Å². The molecule has 236 valence electrons. The zero-order valence-electron chi connectivity index (χ0n) is 27.1. The Morgan fingerprint density at radius 2 is 1.47 bits per heavy atom. The van der Waals surface area contributed by atoms with Crippen LogP contribution in [0.1, 0.15) is 84.8 Å². The predicted octanol–water partition coefficient (Wildman–Crippen LogP) is 6.64. The summed E-state index contributed by atoms with van der Waals surface area (Å²) in [7, 11) is 4.58. The van der Waals surface area contributed by atoms with Gasteiger partial charge in [-0.2, -0.15) is 0 Å². The Kier molecular flexibility index (Phi) is 11.4. The summed E-state index contributed by atoms with van der Waals surface area (Å²) in [5.41, 5.74) is 2.58. The van der Waals surface area contributed by atoms with Crippen LogP contribution in [-0.2, 0) is 30.9 Å². The first kappa shape index (κ1) is 33.6. The van der Waals surface area contributed by atoms with Gasteiger partial charge in [-0.3, -0.25) is 0 Å². The third-order valence-electron chi connectivity index (χ3n) is 7.36. The number of unbranched alkanes of at least 4 members (excludes halogenated alkanes) is 3. The van der Waals surface area contributed by atoms with Crippen molar-refractivity contribution >= 4 is 17.6 Å². The van der Waals surface area contributed by atoms with Gasteiger partial charge >= 0.3 is 11.9 Å². The van der Waals surface area contributed by atoms with Crippen molar-refractivity contribution in [1.29, 1.82) is 0 Å². The number of rotatable bonds is 14. The normalized spacial score (nSPS) is 15.2. The summed E-state index contributed by atoms with van der Waals surface area (Å²) in [6.07, 6.45) is 5.79. The molecule has 1 aliphatic heterocycles. The van der Waals surface area contributed by atoms with E-state index in [0.717, 1.165) is 37.7 Å². The molecule has 0 saturated carbocycles. The van der Waals surface area contributed by atoms with E-state index in [0.29, 0.717) is 29.4 Å². The maximum Gasteiger partial charge on any atom is 0.352 e. The van der Waals surface area contributed by atoms with E-state index in [1.807, 2.05) is 0 Å². The fraction of sp³-hybridized carbons (Fsp3) is 0.529. The molecule has 2 N–H and O–H groups in total. The van der Waals surface area contributed by atoms with Crippen LogP contribution in [0.25, 0.3) is 0 Å². The van der Waals surface area contributed by atoms with Gasteiger partial charge in [0, 0.05) is 32.0 Å². The molecular weight excluding hydrogens is 548 g/mol. The van der Waals surface area contributed by atoms with E-state index < -0.39 is 17.7 Å². The average Bonchev–Trinajstić information content (AvgIpc) is 2.93. The first-order chi connectivity index (χ1) is 20.3. The average molecular weight is 597 g/mol. The van der Waals surface area contributed by atoms with Gasteiger partial charge in [0.2, 0.25) is 0 Å². The van der Waals surface area contributed by atoms with Crippen LogP contribution in [-0.4, -0.2) is 45.1 Å². The topological polar surface area (TPSA) is 104 Å². The Morgan fingerprint density at radius 3 is 1.95 bits per heavy atom. The maximum atomic E-state index is 13.3. The van der Waals surface area contributed by atoms with Gasteiger partial charge in [-0.25, -0.2) is 9.59 Å². The molecule has 9 heteroatoms. The van der Waals surface area contributed by atoms with Crippen molar-refractivity contribution in [2.45, 2.75) is 97.3 Å². The summed E-state index contributed by atoms with van der Waals surface area (Å²) >= 11 is 0. The molecule has 1 heterocycles. The summed E-state index contributed by atoms with van der Waals surface area (Å²) < 4.78 is 27.6. The summed E-state index contributed by atoms with van der Waals surface area (Å²) in [4.78, 5) is 26.6. The molecule has 1 aliphatic rings. The molecule has 2 aromatic carbocycles. The van der Waals surface area contributed by atoms with Crippen molar-refractivity contribution in [3.63, 3.8) is 0 Å². The molecule has 9 nitrogen and oxygen atoms in total. The molecule has 0 bridgehead atoms. The van der Waals surface area contributed by atoms with E-state index in [9.17, 15) is 9.59 Å². The lowest BCUT2D eigenvalue weighted by molar-refractivity contribution is -0.222. The molecule has 1 atom stereocenters. The fourth-order valence-electron chi connectivity index (χ4n) is 4.95. The van der Waals surface area contributed by atoms with Crippen LogP contribution in [0.15, 0.2) is 47.8 Å². The second-order valence-electron chi connectivity index (χ2n) is 12.3. The molecule has 2 aromatic rings.